The highest BCUT2D eigenvalue weighted by molar-refractivity contribution is 6.21. The van der Waals surface area contributed by atoms with Crippen LogP contribution in [0.2, 0.25) is 0 Å². The molecule has 1 aliphatic carbocycles. The van der Waals surface area contributed by atoms with E-state index in [0.29, 0.717) is 23.6 Å². The molecule has 7 nitrogen and oxygen atoms in total. The molecule has 2 heterocycles. The minimum absolute atomic E-state index is 0.169. The summed E-state index contributed by atoms with van der Waals surface area (Å²) in [6.45, 7) is 11.4. The topological polar surface area (TPSA) is 79.1 Å². The lowest BCUT2D eigenvalue weighted by molar-refractivity contribution is 0.0648. The van der Waals surface area contributed by atoms with Gasteiger partial charge in [0.2, 0.25) is 0 Å². The molecule has 0 spiro atoms. The lowest BCUT2D eigenvalue weighted by Gasteiger charge is -2.43. The van der Waals surface area contributed by atoms with Gasteiger partial charge in [-0.1, -0.05) is 73.3 Å². The number of nitrogens with two attached hydrogens (primary N) is 1. The van der Waals surface area contributed by atoms with Crippen LogP contribution in [0.5, 0.6) is 0 Å². The Hall–Kier alpha value is -3.52. The predicted octanol–water partition coefficient (Wildman–Crippen LogP) is 5.66. The van der Waals surface area contributed by atoms with E-state index in [1.54, 1.807) is 24.3 Å². The summed E-state index contributed by atoms with van der Waals surface area (Å²) in [6.07, 6.45) is 15.0. The largest absolute Gasteiger partial charge is 0.402 e. The number of allylic oxidation sites excluding steroid dienone is 5. The van der Waals surface area contributed by atoms with Gasteiger partial charge in [0, 0.05) is 43.3 Å². The van der Waals surface area contributed by atoms with Crippen molar-refractivity contribution in [3.63, 3.8) is 0 Å². The van der Waals surface area contributed by atoms with Crippen molar-refractivity contribution >= 4 is 11.8 Å². The van der Waals surface area contributed by atoms with E-state index in [4.69, 9.17) is 10.5 Å². The number of rotatable bonds is 18. The number of ether oxygens (including phenoxy) is 1. The van der Waals surface area contributed by atoms with Crippen molar-refractivity contribution in [1.82, 2.24) is 14.7 Å². The van der Waals surface area contributed by atoms with E-state index in [0.717, 1.165) is 90.2 Å². The number of carbonyl (C=O) groups excluding carboxylic acids is 2. The van der Waals surface area contributed by atoms with E-state index in [2.05, 4.69) is 78.1 Å². The predicted molar refractivity (Wildman–Crippen MR) is 181 cm³/mol. The Kier molecular flexibility index (Phi) is 11.4. The van der Waals surface area contributed by atoms with Gasteiger partial charge in [-0.3, -0.25) is 14.5 Å². The van der Waals surface area contributed by atoms with E-state index in [1.165, 1.54) is 10.5 Å². The molecule has 3 aliphatic rings. The number of unbranched alkanes of at least 4 members (excludes halogenated alkanes) is 2. The van der Waals surface area contributed by atoms with Gasteiger partial charge in [-0.2, -0.15) is 0 Å². The molecule has 0 bridgehead atoms. The molecule has 2 amide bonds. The molecular formula is C38H50N4O3. The van der Waals surface area contributed by atoms with E-state index < -0.39 is 0 Å². The van der Waals surface area contributed by atoms with E-state index in [1.807, 2.05) is 0 Å². The fourth-order valence-corrected chi connectivity index (χ4v) is 7.50. The third-order valence-corrected chi connectivity index (χ3v) is 9.86. The molecule has 45 heavy (non-hydrogen) atoms. The second kappa shape index (κ2) is 15.7. The summed E-state index contributed by atoms with van der Waals surface area (Å²) in [5.74, 6) is 0.321. The Morgan fingerprint density at radius 2 is 1.51 bits per heavy atom. The second-order valence-corrected chi connectivity index (χ2v) is 12.8. The van der Waals surface area contributed by atoms with Crippen LogP contribution in [-0.2, 0) is 10.2 Å². The Bertz CT molecular complexity index is 1330. The molecule has 2 N–H and O–H groups in total. The zero-order chi connectivity index (χ0) is 31.6. The quantitative estimate of drug-likeness (QED) is 0.174. The summed E-state index contributed by atoms with van der Waals surface area (Å²) in [7, 11) is 2.10. The minimum Gasteiger partial charge on any atom is -0.402 e. The van der Waals surface area contributed by atoms with Crippen LogP contribution in [0.3, 0.4) is 0 Å². The molecule has 0 aromatic heterocycles. The molecular weight excluding hydrogens is 560 g/mol. The number of hydrogen-bond donors (Lipinski definition) is 1. The van der Waals surface area contributed by atoms with Crippen molar-refractivity contribution in [2.75, 3.05) is 59.5 Å². The fraction of sp³-hybridized carbons (Fsp3) is 0.474. The van der Waals surface area contributed by atoms with Gasteiger partial charge in [0.05, 0.1) is 11.1 Å². The van der Waals surface area contributed by atoms with Gasteiger partial charge in [-0.05, 0) is 95.4 Å². The third-order valence-electron chi connectivity index (χ3n) is 9.86. The maximum Gasteiger partial charge on any atom is 0.261 e. The number of benzene rings is 2. The molecule has 2 unspecified atom stereocenters. The van der Waals surface area contributed by atoms with Gasteiger partial charge in [0.1, 0.15) is 0 Å². The first-order valence-electron chi connectivity index (χ1n) is 16.7. The molecule has 240 valence electrons. The van der Waals surface area contributed by atoms with Gasteiger partial charge in [-0.25, -0.2) is 0 Å². The number of imide groups is 1. The van der Waals surface area contributed by atoms with Crippen LogP contribution in [-0.4, -0.2) is 86.0 Å². The second-order valence-electron chi connectivity index (χ2n) is 12.8. The number of nitrogens with zero attached hydrogens (tertiary/aromatic N) is 3. The number of fused-ring (bicyclic) bond motifs is 1. The molecule has 2 aromatic carbocycles. The van der Waals surface area contributed by atoms with Crippen molar-refractivity contribution in [3.8, 4) is 0 Å². The van der Waals surface area contributed by atoms with Crippen LogP contribution >= 0.6 is 0 Å². The average molecular weight is 611 g/mol. The molecule has 0 saturated carbocycles. The lowest BCUT2D eigenvalue weighted by atomic mass is 9.60. The van der Waals surface area contributed by atoms with Crippen molar-refractivity contribution in [2.24, 2.45) is 17.6 Å². The minimum atomic E-state index is -0.282. The Labute approximate surface area is 269 Å². The van der Waals surface area contributed by atoms with Gasteiger partial charge >= 0.3 is 0 Å². The average Bonchev–Trinajstić information content (AvgIpc) is 3.80. The maximum atomic E-state index is 12.5. The summed E-state index contributed by atoms with van der Waals surface area (Å²) >= 11 is 0. The normalized spacial score (nSPS) is 19.6. The summed E-state index contributed by atoms with van der Waals surface area (Å²) < 4.78 is 5.95. The van der Waals surface area contributed by atoms with Crippen LogP contribution in [0.4, 0.5) is 0 Å². The Morgan fingerprint density at radius 1 is 0.889 bits per heavy atom. The van der Waals surface area contributed by atoms with Gasteiger partial charge in [0.25, 0.3) is 11.8 Å². The summed E-state index contributed by atoms with van der Waals surface area (Å²) in [4.78, 5) is 31.3. The van der Waals surface area contributed by atoms with Crippen molar-refractivity contribution in [3.05, 3.63) is 108 Å². The number of amides is 2. The molecule has 5 rings (SSSR count). The van der Waals surface area contributed by atoms with E-state index in [9.17, 15) is 9.59 Å². The zero-order valence-electron chi connectivity index (χ0n) is 26.9. The van der Waals surface area contributed by atoms with Crippen LogP contribution in [0, 0.1) is 11.8 Å². The molecule has 2 aromatic rings. The molecule has 1 fully saturated rings. The first-order chi connectivity index (χ1) is 21.9. The highest BCUT2D eigenvalue weighted by Crippen LogP contribution is 2.49. The number of hydrogen-bond acceptors (Lipinski definition) is 6. The molecule has 2 aliphatic heterocycles. The van der Waals surface area contributed by atoms with E-state index in [-0.39, 0.29) is 23.1 Å². The van der Waals surface area contributed by atoms with Crippen LogP contribution in [0.25, 0.3) is 0 Å². The Balaban J connectivity index is 0.930. The lowest BCUT2D eigenvalue weighted by Crippen LogP contribution is -2.46. The van der Waals surface area contributed by atoms with Gasteiger partial charge in [-0.15, -0.1) is 0 Å². The van der Waals surface area contributed by atoms with Crippen LogP contribution < -0.4 is 5.73 Å². The monoisotopic (exact) mass is 610 g/mol. The molecule has 7 heteroatoms. The van der Waals surface area contributed by atoms with Crippen molar-refractivity contribution in [2.45, 2.75) is 43.9 Å². The molecule has 0 radical (unpaired) electrons. The summed E-state index contributed by atoms with van der Waals surface area (Å²) in [5, 5.41) is 0. The van der Waals surface area contributed by atoms with Crippen LogP contribution in [0.1, 0.15) is 64.8 Å². The highest BCUT2D eigenvalue weighted by Gasteiger charge is 2.49. The first kappa shape index (κ1) is 32.9. The summed E-state index contributed by atoms with van der Waals surface area (Å²) in [6, 6.07) is 17.8. The van der Waals surface area contributed by atoms with E-state index >= 15 is 0 Å². The fourth-order valence-electron chi connectivity index (χ4n) is 7.50. The number of likely N-dealkylation sites (tertiary alicyclic amines) is 1. The number of carbonyl (C=O) groups is 2. The van der Waals surface area contributed by atoms with Crippen molar-refractivity contribution in [1.29, 1.82) is 0 Å². The SMILES string of the molecule is C=C(N)C(c1ccccc1)(C1C=CC=C1)C1CCN(CCCCOCCCCN(C)CCCN2C(=O)c3ccccc3C2=O)C1. The third kappa shape index (κ3) is 7.49. The van der Waals surface area contributed by atoms with Crippen molar-refractivity contribution < 1.29 is 14.3 Å². The molecule has 2 atom stereocenters. The van der Waals surface area contributed by atoms with Crippen LogP contribution in [0.15, 0.2) is 91.2 Å². The standard InChI is InChI=1S/C38H50N4O3/c1-30(39)38(32-17-6-7-18-32,31-15-4-3-5-16-31)33-21-26-41(29-33)24-11-13-28-45-27-12-10-22-40(2)23-14-25-42-36(43)34-19-8-9-20-35(34)37(42)44/h3-9,15-20,32-33H,1,10-14,21-29,39H2,2H3. The highest BCUT2D eigenvalue weighted by atomic mass is 16.5. The smallest absolute Gasteiger partial charge is 0.261 e. The zero-order valence-corrected chi connectivity index (χ0v) is 26.9. The van der Waals surface area contributed by atoms with Gasteiger partial charge in [0.15, 0.2) is 0 Å². The van der Waals surface area contributed by atoms with Gasteiger partial charge < -0.3 is 20.3 Å². The maximum absolute atomic E-state index is 12.5. The summed E-state index contributed by atoms with van der Waals surface area (Å²) in [5.41, 5.74) is 9.46. The molecule has 1 saturated heterocycles. The first-order valence-corrected chi connectivity index (χ1v) is 16.7. The Morgan fingerprint density at radius 3 is 2.18 bits per heavy atom.